The molecule has 0 aliphatic heterocycles. The van der Waals surface area contributed by atoms with Crippen molar-refractivity contribution in [3.63, 3.8) is 0 Å². The van der Waals surface area contributed by atoms with Gasteiger partial charge in [0.25, 0.3) is 0 Å². The van der Waals surface area contributed by atoms with E-state index in [-0.39, 0.29) is 5.97 Å². The lowest BCUT2D eigenvalue weighted by Crippen LogP contribution is -1.97. The second-order valence-electron chi connectivity index (χ2n) is 5.93. The van der Waals surface area contributed by atoms with E-state index in [1.807, 2.05) is 6.08 Å². The Morgan fingerprint density at radius 3 is 2.17 bits per heavy atom. The topological polar surface area (TPSA) is 26.3 Å². The van der Waals surface area contributed by atoms with Crippen LogP contribution in [0.1, 0.15) is 63.5 Å². The molecule has 0 fully saturated rings. The number of rotatable bonds is 9. The molecule has 0 amide bonds. The number of unbranched alkanes of at least 4 members (excludes halogenated alkanes) is 2. The Hall–Kier alpha value is -1.83. The third kappa shape index (κ3) is 6.85. The molecule has 0 saturated carbocycles. The van der Waals surface area contributed by atoms with E-state index in [1.165, 1.54) is 29.4 Å². The van der Waals surface area contributed by atoms with Gasteiger partial charge in [-0.25, -0.2) is 4.79 Å². The number of carbonyl (C=O) groups is 1. The molecule has 0 aromatic heterocycles. The first-order chi connectivity index (χ1) is 11.1. The molecule has 0 spiro atoms. The molecule has 0 aliphatic carbocycles. The first-order valence-electron chi connectivity index (χ1n) is 8.67. The fourth-order valence-corrected chi connectivity index (χ4v) is 2.54. The molecule has 0 N–H and O–H groups in total. The van der Waals surface area contributed by atoms with Gasteiger partial charge in [0.2, 0.25) is 0 Å². The average Bonchev–Trinajstić information content (AvgIpc) is 2.57. The van der Waals surface area contributed by atoms with Gasteiger partial charge in [0.05, 0.1) is 7.11 Å². The Kier molecular flexibility index (Phi) is 9.04. The van der Waals surface area contributed by atoms with Gasteiger partial charge < -0.3 is 4.74 Å². The van der Waals surface area contributed by atoms with E-state index in [0.717, 1.165) is 38.5 Å². The number of carbonyl (C=O) groups excluding carboxylic acids is 1. The molecule has 1 aromatic carbocycles. The van der Waals surface area contributed by atoms with E-state index in [0.29, 0.717) is 0 Å². The van der Waals surface area contributed by atoms with Crippen molar-refractivity contribution in [2.45, 2.75) is 59.3 Å². The van der Waals surface area contributed by atoms with Crippen LogP contribution < -0.4 is 0 Å². The van der Waals surface area contributed by atoms with Crippen LogP contribution in [-0.4, -0.2) is 13.1 Å². The van der Waals surface area contributed by atoms with Crippen LogP contribution >= 0.6 is 0 Å². The summed E-state index contributed by atoms with van der Waals surface area (Å²) in [4.78, 5) is 11.5. The highest BCUT2D eigenvalue weighted by Crippen LogP contribution is 2.28. The summed E-state index contributed by atoms with van der Waals surface area (Å²) < 4.78 is 4.74. The van der Waals surface area contributed by atoms with Crippen LogP contribution in [0.3, 0.4) is 0 Å². The maximum absolute atomic E-state index is 11.5. The van der Waals surface area contributed by atoms with Crippen molar-refractivity contribution in [3.05, 3.63) is 53.1 Å². The molecule has 0 saturated heterocycles. The molecule has 2 heteroatoms. The first kappa shape index (κ1) is 19.2. The van der Waals surface area contributed by atoms with Crippen molar-refractivity contribution in [2.75, 3.05) is 7.11 Å². The molecule has 0 atom stereocenters. The number of esters is 1. The third-order valence-electron chi connectivity index (χ3n) is 3.99. The fourth-order valence-electron chi connectivity index (χ4n) is 2.54. The highest BCUT2D eigenvalue weighted by Gasteiger charge is 2.08. The molecule has 2 nitrogen and oxygen atoms in total. The average molecular weight is 314 g/mol. The van der Waals surface area contributed by atoms with Crippen LogP contribution in [0.25, 0.3) is 5.57 Å². The summed E-state index contributed by atoms with van der Waals surface area (Å²) in [6.45, 7) is 6.51. The van der Waals surface area contributed by atoms with E-state index in [4.69, 9.17) is 4.74 Å². The minimum absolute atomic E-state index is 0.294. The summed E-state index contributed by atoms with van der Waals surface area (Å²) in [5.74, 6) is -0.294. The third-order valence-corrected chi connectivity index (χ3v) is 3.99. The van der Waals surface area contributed by atoms with Gasteiger partial charge in [-0.2, -0.15) is 0 Å². The molecule has 0 bridgehead atoms. The Morgan fingerprint density at radius 1 is 1.00 bits per heavy atom. The highest BCUT2D eigenvalue weighted by atomic mass is 16.5. The number of hydrogen-bond acceptors (Lipinski definition) is 2. The van der Waals surface area contributed by atoms with Crippen molar-refractivity contribution >= 4 is 11.5 Å². The Balaban J connectivity index is 3.23. The lowest BCUT2D eigenvalue weighted by molar-refractivity contribution is -0.134. The summed E-state index contributed by atoms with van der Waals surface area (Å²) in [5.41, 5.74) is 5.16. The molecular formula is C21H30O2. The normalized spacial score (nSPS) is 12.3. The van der Waals surface area contributed by atoms with Crippen LogP contribution in [0.5, 0.6) is 0 Å². The monoisotopic (exact) mass is 314 g/mol. The standard InChI is InChI=1S/C21H30O2/c1-5-7-9-18(15-16-21(22)23-4)20(10-8-6-2)19-13-11-17(3)12-14-19/h11-16H,5-10H2,1-4H3/b16-15+,20-18-. The van der Waals surface area contributed by atoms with Crippen molar-refractivity contribution < 1.29 is 9.53 Å². The van der Waals surface area contributed by atoms with Crippen molar-refractivity contribution in [3.8, 4) is 0 Å². The zero-order valence-corrected chi connectivity index (χ0v) is 15.0. The second-order valence-corrected chi connectivity index (χ2v) is 5.93. The summed E-state index contributed by atoms with van der Waals surface area (Å²) in [6, 6.07) is 8.70. The van der Waals surface area contributed by atoms with E-state index in [9.17, 15) is 4.79 Å². The minimum atomic E-state index is -0.294. The van der Waals surface area contributed by atoms with Gasteiger partial charge in [0.15, 0.2) is 0 Å². The smallest absolute Gasteiger partial charge is 0.330 e. The quantitative estimate of drug-likeness (QED) is 0.324. The van der Waals surface area contributed by atoms with Crippen LogP contribution in [0, 0.1) is 6.92 Å². The summed E-state index contributed by atoms with van der Waals surface area (Å²) in [5, 5.41) is 0. The van der Waals surface area contributed by atoms with Crippen molar-refractivity contribution in [1.82, 2.24) is 0 Å². The maximum Gasteiger partial charge on any atom is 0.330 e. The van der Waals surface area contributed by atoms with Gasteiger partial charge in [-0.15, -0.1) is 0 Å². The van der Waals surface area contributed by atoms with Crippen LogP contribution in [0.4, 0.5) is 0 Å². The number of hydrogen-bond donors (Lipinski definition) is 0. The SMILES string of the molecule is CCCCC(/C=C/C(=O)OC)=C(\CCCC)c1ccc(C)cc1. The molecule has 1 rings (SSSR count). The minimum Gasteiger partial charge on any atom is -0.466 e. The van der Waals surface area contributed by atoms with Gasteiger partial charge in [0, 0.05) is 6.08 Å². The molecule has 23 heavy (non-hydrogen) atoms. The van der Waals surface area contributed by atoms with Crippen molar-refractivity contribution in [1.29, 1.82) is 0 Å². The van der Waals surface area contributed by atoms with Crippen molar-refractivity contribution in [2.24, 2.45) is 0 Å². The zero-order chi connectivity index (χ0) is 17.1. The van der Waals surface area contributed by atoms with E-state index >= 15 is 0 Å². The van der Waals surface area contributed by atoms with Crippen LogP contribution in [0.15, 0.2) is 42.0 Å². The molecule has 0 unspecified atom stereocenters. The van der Waals surface area contributed by atoms with E-state index in [1.54, 1.807) is 6.08 Å². The predicted molar refractivity (Wildman–Crippen MR) is 98.3 cm³/mol. The number of ether oxygens (including phenoxy) is 1. The largest absolute Gasteiger partial charge is 0.466 e. The zero-order valence-electron chi connectivity index (χ0n) is 15.0. The highest BCUT2D eigenvalue weighted by molar-refractivity contribution is 5.83. The lowest BCUT2D eigenvalue weighted by atomic mass is 9.91. The molecule has 0 aliphatic rings. The summed E-state index contributed by atoms with van der Waals surface area (Å²) >= 11 is 0. The lowest BCUT2D eigenvalue weighted by Gasteiger charge is -2.14. The summed E-state index contributed by atoms with van der Waals surface area (Å²) in [7, 11) is 1.42. The number of methoxy groups -OCH3 is 1. The molecule has 126 valence electrons. The molecule has 0 radical (unpaired) electrons. The van der Waals surface area contributed by atoms with Gasteiger partial charge >= 0.3 is 5.97 Å². The van der Waals surface area contributed by atoms with Gasteiger partial charge in [-0.05, 0) is 49.3 Å². The number of benzene rings is 1. The predicted octanol–water partition coefficient (Wildman–Crippen LogP) is 5.86. The number of allylic oxidation sites excluding steroid dienone is 3. The van der Waals surface area contributed by atoms with Gasteiger partial charge in [-0.1, -0.05) is 62.6 Å². The Labute approximate surface area is 141 Å². The number of aryl methyl sites for hydroxylation is 1. The summed E-state index contributed by atoms with van der Waals surface area (Å²) in [6.07, 6.45) is 10.1. The Bertz CT molecular complexity index is 535. The first-order valence-corrected chi connectivity index (χ1v) is 8.67. The molecule has 0 heterocycles. The fraction of sp³-hybridized carbons (Fsp3) is 0.476. The van der Waals surface area contributed by atoms with Crippen LogP contribution in [-0.2, 0) is 9.53 Å². The van der Waals surface area contributed by atoms with E-state index in [2.05, 4.69) is 45.0 Å². The maximum atomic E-state index is 11.5. The van der Waals surface area contributed by atoms with Gasteiger partial charge in [0.1, 0.15) is 0 Å². The second kappa shape index (κ2) is 10.8. The molecular weight excluding hydrogens is 284 g/mol. The van der Waals surface area contributed by atoms with E-state index < -0.39 is 0 Å². The van der Waals surface area contributed by atoms with Gasteiger partial charge in [-0.3, -0.25) is 0 Å². The molecule has 1 aromatic rings. The Morgan fingerprint density at radius 2 is 1.61 bits per heavy atom. The van der Waals surface area contributed by atoms with Crippen LogP contribution in [0.2, 0.25) is 0 Å².